The van der Waals surface area contributed by atoms with Crippen molar-refractivity contribution in [3.05, 3.63) is 54.1 Å². The Morgan fingerprint density at radius 2 is 2.14 bits per heavy atom. The second-order valence-corrected chi connectivity index (χ2v) is 6.99. The number of imidazole rings is 1. The molecule has 1 fully saturated rings. The van der Waals surface area contributed by atoms with E-state index in [0.717, 1.165) is 25.7 Å². The Bertz CT molecular complexity index is 1030. The molecule has 1 aliphatic rings. The summed E-state index contributed by atoms with van der Waals surface area (Å²) in [6.45, 7) is 0. The highest BCUT2D eigenvalue weighted by molar-refractivity contribution is 6.07. The molecule has 0 unspecified atom stereocenters. The van der Waals surface area contributed by atoms with E-state index in [1.807, 2.05) is 6.07 Å². The van der Waals surface area contributed by atoms with Gasteiger partial charge in [-0.2, -0.15) is 5.26 Å². The van der Waals surface area contributed by atoms with Crippen molar-refractivity contribution >= 4 is 16.8 Å². The van der Waals surface area contributed by atoms with Crippen LogP contribution in [0, 0.1) is 11.3 Å². The van der Waals surface area contributed by atoms with E-state index in [1.54, 1.807) is 48.6 Å². The Labute approximate surface area is 163 Å². The molecule has 0 saturated heterocycles. The maximum absolute atomic E-state index is 13.1. The lowest BCUT2D eigenvalue weighted by Crippen LogP contribution is -2.39. The molecule has 7 nitrogen and oxygen atoms in total. The van der Waals surface area contributed by atoms with Crippen LogP contribution in [-0.2, 0) is 4.74 Å². The van der Waals surface area contributed by atoms with Crippen molar-refractivity contribution < 1.29 is 9.53 Å². The van der Waals surface area contributed by atoms with Crippen LogP contribution in [0.5, 0.6) is 0 Å². The van der Waals surface area contributed by atoms with Crippen molar-refractivity contribution in [3.63, 3.8) is 0 Å². The van der Waals surface area contributed by atoms with E-state index in [9.17, 15) is 10.1 Å². The number of pyridine rings is 1. The van der Waals surface area contributed by atoms with Crippen molar-refractivity contribution in [1.29, 1.82) is 5.26 Å². The molecule has 1 saturated carbocycles. The van der Waals surface area contributed by atoms with E-state index in [4.69, 9.17) is 4.74 Å². The fourth-order valence-electron chi connectivity index (χ4n) is 3.75. The average Bonchev–Trinajstić information content (AvgIpc) is 3.28. The lowest BCUT2D eigenvalue weighted by Gasteiger charge is -2.28. The average molecular weight is 375 g/mol. The van der Waals surface area contributed by atoms with E-state index in [2.05, 4.69) is 21.4 Å². The number of ether oxygens (including phenoxy) is 1. The number of aromatic nitrogens is 3. The second-order valence-electron chi connectivity index (χ2n) is 6.99. The molecule has 0 atom stereocenters. The largest absolute Gasteiger partial charge is 0.381 e. The van der Waals surface area contributed by atoms with E-state index in [1.165, 1.54) is 0 Å². The van der Waals surface area contributed by atoms with Crippen molar-refractivity contribution in [1.82, 2.24) is 19.9 Å². The van der Waals surface area contributed by atoms with E-state index in [0.29, 0.717) is 27.8 Å². The fraction of sp³-hybridized carbons (Fsp3) is 0.333. The Kier molecular flexibility index (Phi) is 5.04. The van der Waals surface area contributed by atoms with E-state index in [-0.39, 0.29) is 18.1 Å². The van der Waals surface area contributed by atoms with Gasteiger partial charge in [-0.1, -0.05) is 12.1 Å². The second kappa shape index (κ2) is 7.79. The minimum atomic E-state index is -0.148. The third-order valence-electron chi connectivity index (χ3n) is 5.30. The van der Waals surface area contributed by atoms with Gasteiger partial charge in [-0.15, -0.1) is 0 Å². The summed E-state index contributed by atoms with van der Waals surface area (Å²) in [6, 6.07) is 9.36. The summed E-state index contributed by atoms with van der Waals surface area (Å²) in [6.07, 6.45) is 8.98. The van der Waals surface area contributed by atoms with Crippen molar-refractivity contribution in [2.45, 2.75) is 37.8 Å². The summed E-state index contributed by atoms with van der Waals surface area (Å²) >= 11 is 0. The van der Waals surface area contributed by atoms with Crippen LogP contribution in [0.1, 0.15) is 41.6 Å². The quantitative estimate of drug-likeness (QED) is 0.757. The number of fused-ring (bicyclic) bond motifs is 1. The molecular weight excluding hydrogens is 354 g/mol. The molecule has 0 aliphatic heterocycles. The maximum atomic E-state index is 13.1. The third-order valence-corrected chi connectivity index (χ3v) is 5.30. The molecule has 0 radical (unpaired) electrons. The van der Waals surface area contributed by atoms with Crippen LogP contribution in [0.4, 0.5) is 0 Å². The van der Waals surface area contributed by atoms with Gasteiger partial charge < -0.3 is 10.1 Å². The zero-order chi connectivity index (χ0) is 19.5. The number of nitrogens with zero attached hydrogens (tertiary/aromatic N) is 4. The molecule has 4 rings (SSSR count). The number of para-hydroxylation sites is 1. The minimum Gasteiger partial charge on any atom is -0.381 e. The fourth-order valence-corrected chi connectivity index (χ4v) is 3.75. The monoisotopic (exact) mass is 375 g/mol. The van der Waals surface area contributed by atoms with Crippen LogP contribution in [0.25, 0.3) is 16.7 Å². The Morgan fingerprint density at radius 3 is 2.82 bits per heavy atom. The smallest absolute Gasteiger partial charge is 0.252 e. The molecule has 7 heteroatoms. The highest BCUT2D eigenvalue weighted by Crippen LogP contribution is 2.25. The number of rotatable bonds is 4. The molecule has 2 aromatic heterocycles. The molecule has 2 heterocycles. The van der Waals surface area contributed by atoms with Gasteiger partial charge in [0.05, 0.1) is 22.7 Å². The SMILES string of the molecule is CO[C@H]1CC[C@H](NC(=O)c2cc(-n3ccnc3)nc3c(C#N)cccc23)CC1. The third kappa shape index (κ3) is 3.47. The number of benzene rings is 1. The van der Waals surface area contributed by atoms with Crippen molar-refractivity contribution in [2.24, 2.45) is 0 Å². The number of amides is 1. The van der Waals surface area contributed by atoms with Gasteiger partial charge in [-0.25, -0.2) is 9.97 Å². The molecule has 3 aromatic rings. The van der Waals surface area contributed by atoms with Crippen LogP contribution in [0.15, 0.2) is 43.0 Å². The zero-order valence-electron chi connectivity index (χ0n) is 15.6. The highest BCUT2D eigenvalue weighted by Gasteiger charge is 2.24. The first-order valence-electron chi connectivity index (χ1n) is 9.35. The Balaban J connectivity index is 1.71. The molecule has 1 aromatic carbocycles. The van der Waals surface area contributed by atoms with Crippen molar-refractivity contribution in [3.8, 4) is 11.9 Å². The summed E-state index contributed by atoms with van der Waals surface area (Å²) in [5, 5.41) is 13.3. The molecule has 1 aliphatic carbocycles. The normalized spacial score (nSPS) is 19.3. The molecule has 1 amide bonds. The van der Waals surface area contributed by atoms with Gasteiger partial charge in [0, 0.05) is 30.9 Å². The molecule has 142 valence electrons. The number of hydrogen-bond acceptors (Lipinski definition) is 5. The van der Waals surface area contributed by atoms with Crippen molar-refractivity contribution in [2.75, 3.05) is 7.11 Å². The van der Waals surface area contributed by atoms with Gasteiger partial charge in [0.25, 0.3) is 5.91 Å². The van der Waals surface area contributed by atoms with Gasteiger partial charge >= 0.3 is 0 Å². The van der Waals surface area contributed by atoms with Crippen LogP contribution < -0.4 is 5.32 Å². The van der Waals surface area contributed by atoms with Crippen LogP contribution in [-0.4, -0.2) is 39.7 Å². The lowest BCUT2D eigenvalue weighted by molar-refractivity contribution is 0.0599. The predicted octanol–water partition coefficient (Wildman–Crippen LogP) is 2.98. The summed E-state index contributed by atoms with van der Waals surface area (Å²) in [7, 11) is 1.73. The highest BCUT2D eigenvalue weighted by atomic mass is 16.5. The minimum absolute atomic E-state index is 0.123. The topological polar surface area (TPSA) is 92.8 Å². The van der Waals surface area contributed by atoms with Gasteiger partial charge in [-0.3, -0.25) is 9.36 Å². The summed E-state index contributed by atoms with van der Waals surface area (Å²) in [5.41, 5.74) is 1.47. The lowest BCUT2D eigenvalue weighted by atomic mass is 9.92. The summed E-state index contributed by atoms with van der Waals surface area (Å²) in [4.78, 5) is 21.8. The van der Waals surface area contributed by atoms with Gasteiger partial charge in [0.2, 0.25) is 0 Å². The molecule has 1 N–H and O–H groups in total. The first kappa shape index (κ1) is 18.1. The van der Waals surface area contributed by atoms with Gasteiger partial charge in [-0.05, 0) is 37.8 Å². The maximum Gasteiger partial charge on any atom is 0.252 e. The van der Waals surface area contributed by atoms with Gasteiger partial charge in [0.15, 0.2) is 0 Å². The molecule has 0 spiro atoms. The molecule has 28 heavy (non-hydrogen) atoms. The summed E-state index contributed by atoms with van der Waals surface area (Å²) in [5.74, 6) is 0.408. The number of carbonyl (C=O) groups is 1. The van der Waals surface area contributed by atoms with Gasteiger partial charge in [0.1, 0.15) is 18.2 Å². The number of methoxy groups -OCH3 is 1. The van der Waals surface area contributed by atoms with Crippen LogP contribution in [0.3, 0.4) is 0 Å². The number of nitrogens with one attached hydrogen (secondary N) is 1. The number of nitriles is 1. The predicted molar refractivity (Wildman–Crippen MR) is 104 cm³/mol. The molecular formula is C21H21N5O2. The zero-order valence-corrected chi connectivity index (χ0v) is 15.6. The Morgan fingerprint density at radius 1 is 1.32 bits per heavy atom. The number of carbonyl (C=O) groups excluding carboxylic acids is 1. The number of hydrogen-bond donors (Lipinski definition) is 1. The van der Waals surface area contributed by atoms with Crippen LogP contribution in [0.2, 0.25) is 0 Å². The van der Waals surface area contributed by atoms with E-state index < -0.39 is 0 Å². The Hall–Kier alpha value is -3.24. The first-order chi connectivity index (χ1) is 13.7. The van der Waals surface area contributed by atoms with E-state index >= 15 is 0 Å². The first-order valence-corrected chi connectivity index (χ1v) is 9.35. The molecule has 0 bridgehead atoms. The summed E-state index contributed by atoms with van der Waals surface area (Å²) < 4.78 is 7.14. The van der Waals surface area contributed by atoms with Crippen LogP contribution >= 0.6 is 0 Å². The standard InChI is InChI=1S/C21H21N5O2/c1-28-16-7-5-15(6-8-16)24-21(27)18-11-19(26-10-9-23-13-26)25-20-14(12-22)3-2-4-17(18)20/h2-4,9-11,13,15-16H,5-8H2,1H3,(H,24,27)/t15-,16-.